The average molecular weight is 396 g/mol. The Labute approximate surface area is 162 Å². The van der Waals surface area contributed by atoms with Gasteiger partial charge in [0, 0.05) is 6.42 Å². The summed E-state index contributed by atoms with van der Waals surface area (Å²) in [6.07, 6.45) is 2.83. The summed E-state index contributed by atoms with van der Waals surface area (Å²) in [6, 6.07) is 3.86. The number of ether oxygens (including phenoxy) is 1. The fourth-order valence-corrected chi connectivity index (χ4v) is 3.21. The Morgan fingerprint density at radius 2 is 1.89 bits per heavy atom. The molecule has 3 rings (SSSR count). The lowest BCUT2D eigenvalue weighted by Crippen LogP contribution is -2.54. The van der Waals surface area contributed by atoms with Crippen molar-refractivity contribution in [3.8, 4) is 5.75 Å². The van der Waals surface area contributed by atoms with Crippen molar-refractivity contribution in [2.75, 3.05) is 13.2 Å². The number of rotatable bonds is 7. The largest absolute Gasteiger partial charge is 0.493 e. The first-order valence-corrected chi connectivity index (χ1v) is 8.72. The lowest BCUT2D eigenvalue weighted by molar-refractivity contribution is -0.136. The minimum absolute atomic E-state index is 0. The number of carbonyl (C=O) groups excluding carboxylic acids is 4. The summed E-state index contributed by atoms with van der Waals surface area (Å²) in [5, 5.41) is 2.18. The quantitative estimate of drug-likeness (QED) is 0.525. The van der Waals surface area contributed by atoms with E-state index in [0.717, 1.165) is 24.2 Å². The number of carbonyl (C=O) groups is 4. The molecule has 146 valence electrons. The van der Waals surface area contributed by atoms with E-state index in [0.29, 0.717) is 18.9 Å². The molecule has 0 aromatic heterocycles. The van der Waals surface area contributed by atoms with Crippen LogP contribution >= 0.6 is 12.4 Å². The number of hydrogen-bond donors (Lipinski definition) is 2. The van der Waals surface area contributed by atoms with Crippen LogP contribution in [0.4, 0.5) is 0 Å². The maximum absolute atomic E-state index is 12.8. The number of nitrogens with zero attached hydrogens (tertiary/aromatic N) is 1. The number of fused-ring (bicyclic) bond motifs is 1. The van der Waals surface area contributed by atoms with Crippen molar-refractivity contribution in [1.82, 2.24) is 10.2 Å². The normalized spacial score (nSPS) is 18.9. The Morgan fingerprint density at radius 3 is 2.59 bits per heavy atom. The van der Waals surface area contributed by atoms with Crippen molar-refractivity contribution in [3.63, 3.8) is 0 Å². The molecule has 0 aliphatic carbocycles. The van der Waals surface area contributed by atoms with Crippen LogP contribution in [-0.2, 0) is 9.59 Å². The molecule has 1 unspecified atom stereocenters. The Bertz CT molecular complexity index is 767. The molecule has 2 aliphatic heterocycles. The molecule has 9 heteroatoms. The Morgan fingerprint density at radius 1 is 1.11 bits per heavy atom. The third-order valence-corrected chi connectivity index (χ3v) is 4.54. The standard InChI is InChI=1S/C18H21N3O5.ClH/c19-9-2-1-3-10-26-13-6-4-5-11-15(13)18(25)21(17(11)24)12-7-8-14(22)20-16(12)23;/h4-6,12H,1-3,7-10,19H2,(H,20,22,23);1H. The van der Waals surface area contributed by atoms with Crippen molar-refractivity contribution in [2.24, 2.45) is 5.73 Å². The molecule has 3 N–H and O–H groups in total. The third-order valence-electron chi connectivity index (χ3n) is 4.54. The van der Waals surface area contributed by atoms with E-state index in [1.807, 2.05) is 0 Å². The number of hydrogen-bond acceptors (Lipinski definition) is 6. The number of unbranched alkanes of at least 4 members (excludes halogenated alkanes) is 2. The molecule has 8 nitrogen and oxygen atoms in total. The van der Waals surface area contributed by atoms with Crippen molar-refractivity contribution in [3.05, 3.63) is 29.3 Å². The molecule has 0 saturated carbocycles. The van der Waals surface area contributed by atoms with Crippen molar-refractivity contribution < 1.29 is 23.9 Å². The van der Waals surface area contributed by atoms with Crippen LogP contribution in [0, 0.1) is 0 Å². The molecule has 0 radical (unpaired) electrons. The maximum atomic E-state index is 12.8. The highest BCUT2D eigenvalue weighted by Gasteiger charge is 2.45. The number of amides is 4. The zero-order chi connectivity index (χ0) is 18.7. The van der Waals surface area contributed by atoms with Crippen LogP contribution in [0.15, 0.2) is 18.2 Å². The SMILES string of the molecule is Cl.NCCCCCOc1cccc2c1C(=O)N(C1CCC(=O)NC1=O)C2=O. The van der Waals surface area contributed by atoms with E-state index >= 15 is 0 Å². The van der Waals surface area contributed by atoms with E-state index in [1.54, 1.807) is 18.2 Å². The van der Waals surface area contributed by atoms with Gasteiger partial charge < -0.3 is 10.5 Å². The lowest BCUT2D eigenvalue weighted by Gasteiger charge is -2.27. The van der Waals surface area contributed by atoms with E-state index in [1.165, 1.54) is 0 Å². The van der Waals surface area contributed by atoms with Gasteiger partial charge in [-0.05, 0) is 44.4 Å². The van der Waals surface area contributed by atoms with Gasteiger partial charge in [0.15, 0.2) is 0 Å². The highest BCUT2D eigenvalue weighted by molar-refractivity contribution is 6.24. The van der Waals surface area contributed by atoms with Crippen molar-refractivity contribution in [1.29, 1.82) is 0 Å². The van der Waals surface area contributed by atoms with Crippen molar-refractivity contribution in [2.45, 2.75) is 38.1 Å². The summed E-state index contributed by atoms with van der Waals surface area (Å²) in [7, 11) is 0. The van der Waals surface area contributed by atoms with Crippen LogP contribution in [0.25, 0.3) is 0 Å². The fourth-order valence-electron chi connectivity index (χ4n) is 3.21. The second-order valence-corrected chi connectivity index (χ2v) is 6.32. The minimum Gasteiger partial charge on any atom is -0.493 e. The fraction of sp³-hybridized carbons (Fsp3) is 0.444. The van der Waals surface area contributed by atoms with Gasteiger partial charge in [0.2, 0.25) is 11.8 Å². The second kappa shape index (κ2) is 8.96. The van der Waals surface area contributed by atoms with E-state index in [2.05, 4.69) is 5.32 Å². The third kappa shape index (κ3) is 4.12. The molecule has 1 aromatic rings. The van der Waals surface area contributed by atoms with Crippen LogP contribution in [0.2, 0.25) is 0 Å². The monoisotopic (exact) mass is 395 g/mol. The lowest BCUT2D eigenvalue weighted by atomic mass is 10.0. The predicted molar refractivity (Wildman–Crippen MR) is 98.8 cm³/mol. The summed E-state index contributed by atoms with van der Waals surface area (Å²) in [4.78, 5) is 49.8. The van der Waals surface area contributed by atoms with Gasteiger partial charge in [-0.25, -0.2) is 0 Å². The summed E-state index contributed by atoms with van der Waals surface area (Å²) in [5.41, 5.74) is 5.86. The molecule has 1 atom stereocenters. The van der Waals surface area contributed by atoms with E-state index in [9.17, 15) is 19.2 Å². The Hall–Kier alpha value is -2.45. The van der Waals surface area contributed by atoms with Gasteiger partial charge in [0.1, 0.15) is 11.8 Å². The van der Waals surface area contributed by atoms with Gasteiger partial charge >= 0.3 is 0 Å². The zero-order valence-corrected chi connectivity index (χ0v) is 15.5. The molecule has 1 saturated heterocycles. The molecular weight excluding hydrogens is 374 g/mol. The van der Waals surface area contributed by atoms with Crippen LogP contribution in [0.5, 0.6) is 5.75 Å². The van der Waals surface area contributed by atoms with Gasteiger partial charge in [-0.15, -0.1) is 12.4 Å². The first kappa shape index (κ1) is 20.9. The molecule has 1 aromatic carbocycles. The zero-order valence-electron chi connectivity index (χ0n) is 14.7. The maximum Gasteiger partial charge on any atom is 0.266 e. The highest BCUT2D eigenvalue weighted by Crippen LogP contribution is 2.33. The molecule has 4 amide bonds. The minimum atomic E-state index is -0.975. The molecule has 0 spiro atoms. The summed E-state index contributed by atoms with van der Waals surface area (Å²) < 4.78 is 5.70. The van der Waals surface area contributed by atoms with Gasteiger partial charge in [0.25, 0.3) is 11.8 Å². The number of benzene rings is 1. The van der Waals surface area contributed by atoms with Gasteiger partial charge in [-0.3, -0.25) is 29.4 Å². The number of nitrogens with two attached hydrogens (primary N) is 1. The van der Waals surface area contributed by atoms with E-state index in [-0.39, 0.29) is 36.4 Å². The summed E-state index contributed by atoms with van der Waals surface area (Å²) >= 11 is 0. The molecule has 2 aliphatic rings. The first-order valence-electron chi connectivity index (χ1n) is 8.72. The van der Waals surface area contributed by atoms with Gasteiger partial charge in [-0.2, -0.15) is 0 Å². The van der Waals surface area contributed by atoms with Crippen LogP contribution in [-0.4, -0.2) is 47.7 Å². The van der Waals surface area contributed by atoms with Gasteiger partial charge in [0.05, 0.1) is 17.7 Å². The van der Waals surface area contributed by atoms with Crippen LogP contribution in [0.3, 0.4) is 0 Å². The Balaban J connectivity index is 0.00000261. The number of piperidine rings is 1. The average Bonchev–Trinajstić information content (AvgIpc) is 2.87. The highest BCUT2D eigenvalue weighted by atomic mass is 35.5. The molecule has 1 fully saturated rings. The topological polar surface area (TPSA) is 119 Å². The molecule has 27 heavy (non-hydrogen) atoms. The van der Waals surface area contributed by atoms with Gasteiger partial charge in [-0.1, -0.05) is 6.07 Å². The smallest absolute Gasteiger partial charge is 0.266 e. The number of imide groups is 2. The first-order chi connectivity index (χ1) is 12.5. The number of nitrogens with one attached hydrogen (secondary N) is 1. The summed E-state index contributed by atoms with van der Waals surface area (Å²) in [5.74, 6) is -1.78. The predicted octanol–water partition coefficient (Wildman–Crippen LogP) is 1.02. The second-order valence-electron chi connectivity index (χ2n) is 6.32. The van der Waals surface area contributed by atoms with Crippen molar-refractivity contribution >= 4 is 36.0 Å². The number of halogens is 1. The Kier molecular flexibility index (Phi) is 6.92. The molecule has 2 heterocycles. The molecular formula is C18H22ClN3O5. The van der Waals surface area contributed by atoms with Crippen LogP contribution in [0.1, 0.15) is 52.8 Å². The van der Waals surface area contributed by atoms with Crippen LogP contribution < -0.4 is 15.8 Å². The summed E-state index contributed by atoms with van der Waals surface area (Å²) in [6.45, 7) is 1.03. The van der Waals surface area contributed by atoms with E-state index < -0.39 is 29.7 Å². The van der Waals surface area contributed by atoms with E-state index in [4.69, 9.17) is 10.5 Å². The molecule has 0 bridgehead atoms.